The predicted molar refractivity (Wildman–Crippen MR) is 89.4 cm³/mol. The van der Waals surface area contributed by atoms with Crippen molar-refractivity contribution in [3.05, 3.63) is 40.9 Å². The van der Waals surface area contributed by atoms with Crippen molar-refractivity contribution in [2.45, 2.75) is 44.6 Å². The maximum absolute atomic E-state index is 12.6. The van der Waals surface area contributed by atoms with E-state index in [1.165, 1.54) is 6.07 Å². The van der Waals surface area contributed by atoms with Gasteiger partial charge in [0.25, 0.3) is 0 Å². The number of ether oxygens (including phenoxy) is 1. The molecule has 0 saturated heterocycles. The van der Waals surface area contributed by atoms with E-state index in [0.29, 0.717) is 16.5 Å². The summed E-state index contributed by atoms with van der Waals surface area (Å²) in [6, 6.07) is 4.34. The van der Waals surface area contributed by atoms with Crippen LogP contribution in [0.1, 0.15) is 38.8 Å². The molecule has 0 aliphatic rings. The molecule has 22 heavy (non-hydrogen) atoms. The summed E-state index contributed by atoms with van der Waals surface area (Å²) < 4.78 is 45.2. The fourth-order valence-corrected chi connectivity index (χ4v) is 3.20. The first-order valence-corrected chi connectivity index (χ1v) is 8.63. The molecule has 0 fully saturated rings. The molecule has 0 aliphatic carbocycles. The molecule has 1 aromatic rings. The van der Waals surface area contributed by atoms with E-state index >= 15 is 0 Å². The maximum atomic E-state index is 12.6. The van der Waals surface area contributed by atoms with Crippen LogP contribution in [0.5, 0.6) is 5.75 Å². The molecule has 0 amide bonds. The largest absolute Gasteiger partial charge is 0.598 e. The third-order valence-electron chi connectivity index (χ3n) is 2.79. The highest BCUT2D eigenvalue weighted by Gasteiger charge is 2.31. The van der Waals surface area contributed by atoms with Crippen LogP contribution in [0.2, 0.25) is 0 Å². The fraction of sp³-hybridized carbons (Fsp3) is 0.467. The molecule has 1 unspecified atom stereocenters. The van der Waals surface area contributed by atoms with Gasteiger partial charge in [-0.05, 0) is 39.3 Å². The molecule has 124 valence electrons. The molecule has 0 aliphatic heterocycles. The van der Waals surface area contributed by atoms with E-state index in [0.717, 1.165) is 0 Å². The molecule has 1 N–H and O–H groups in total. The fourth-order valence-electron chi connectivity index (χ4n) is 1.75. The normalized spacial score (nSPS) is 14.7. The highest BCUT2D eigenvalue weighted by molar-refractivity contribution is 9.10. The van der Waals surface area contributed by atoms with Gasteiger partial charge in [0.05, 0.1) is 6.04 Å². The van der Waals surface area contributed by atoms with Crippen LogP contribution in [0.15, 0.2) is 35.3 Å². The molecule has 1 rings (SSSR count). The Hall–Kier alpha value is -0.630. The zero-order chi connectivity index (χ0) is 16.9. The van der Waals surface area contributed by atoms with Crippen LogP contribution in [0.25, 0.3) is 0 Å². The molecule has 1 aromatic carbocycles. The summed E-state index contributed by atoms with van der Waals surface area (Å²) in [5.41, 5.74) is 0.500. The number of benzene rings is 1. The van der Waals surface area contributed by atoms with Crippen molar-refractivity contribution < 1.29 is 18.1 Å². The van der Waals surface area contributed by atoms with Gasteiger partial charge >= 0.3 is 6.61 Å². The van der Waals surface area contributed by atoms with Gasteiger partial charge in [-0.1, -0.05) is 28.1 Å². The van der Waals surface area contributed by atoms with Crippen molar-refractivity contribution in [3.63, 3.8) is 0 Å². The number of alkyl halides is 2. The molecule has 0 aromatic heterocycles. The Morgan fingerprint density at radius 2 is 2.09 bits per heavy atom. The van der Waals surface area contributed by atoms with E-state index in [4.69, 9.17) is 0 Å². The summed E-state index contributed by atoms with van der Waals surface area (Å²) in [5, 5.41) is 0. The van der Waals surface area contributed by atoms with E-state index in [-0.39, 0.29) is 5.75 Å². The van der Waals surface area contributed by atoms with Crippen molar-refractivity contribution in [3.8, 4) is 5.75 Å². The third-order valence-corrected chi connectivity index (χ3v) is 5.09. The van der Waals surface area contributed by atoms with Gasteiger partial charge in [-0.2, -0.15) is 8.78 Å². The number of halogens is 3. The molecular weight excluding hydrogens is 376 g/mol. The molecule has 0 heterocycles. The molecule has 0 radical (unpaired) electrons. The van der Waals surface area contributed by atoms with Crippen LogP contribution in [0.3, 0.4) is 0 Å². The van der Waals surface area contributed by atoms with Crippen LogP contribution in [-0.2, 0) is 11.4 Å². The quantitative estimate of drug-likeness (QED) is 0.536. The molecule has 0 saturated carbocycles. The van der Waals surface area contributed by atoms with E-state index in [1.807, 2.05) is 20.8 Å². The molecule has 2 atom stereocenters. The minimum absolute atomic E-state index is 0.0506. The second kappa shape index (κ2) is 8.29. The monoisotopic (exact) mass is 395 g/mol. The van der Waals surface area contributed by atoms with Crippen LogP contribution in [0.4, 0.5) is 8.78 Å². The van der Waals surface area contributed by atoms with Gasteiger partial charge in [-0.15, -0.1) is 11.3 Å². The third kappa shape index (κ3) is 5.53. The average Bonchev–Trinajstić information content (AvgIpc) is 2.36. The Kier molecular flexibility index (Phi) is 7.31. The number of hydrogen-bond donors (Lipinski definition) is 1. The minimum Gasteiger partial charge on any atom is -0.598 e. The Labute approximate surface area is 141 Å². The van der Waals surface area contributed by atoms with Gasteiger partial charge in [-0.3, -0.25) is 0 Å². The van der Waals surface area contributed by atoms with Crippen LogP contribution in [0, 0.1) is 0 Å². The van der Waals surface area contributed by atoms with E-state index in [2.05, 4.69) is 32.0 Å². The number of rotatable bonds is 7. The van der Waals surface area contributed by atoms with Crippen LogP contribution < -0.4 is 9.46 Å². The molecule has 7 heteroatoms. The standard InChI is InChI=1S/C15H20BrF2NO2S/c1-5-7-11(19-22(20)15(2,3)4)13-10(16)8-6-9-12(13)21-14(17)18/h5-6,8-9,11,14,19H,1,7H2,2-4H3/t11-,22?/m0/s1. The van der Waals surface area contributed by atoms with Gasteiger partial charge in [-0.25, -0.2) is 0 Å². The van der Waals surface area contributed by atoms with Crippen LogP contribution in [-0.4, -0.2) is 15.9 Å². The van der Waals surface area contributed by atoms with Gasteiger partial charge in [0, 0.05) is 21.4 Å². The first-order valence-electron chi connectivity index (χ1n) is 6.69. The Morgan fingerprint density at radius 3 is 2.59 bits per heavy atom. The molecular formula is C15H20BrF2NO2S. The predicted octanol–water partition coefficient (Wildman–Crippen LogP) is 4.72. The summed E-state index contributed by atoms with van der Waals surface area (Å²) in [7, 11) is 0. The topological polar surface area (TPSA) is 44.3 Å². The lowest BCUT2D eigenvalue weighted by molar-refractivity contribution is -0.0507. The van der Waals surface area contributed by atoms with E-state index < -0.39 is 28.8 Å². The summed E-state index contributed by atoms with van der Waals surface area (Å²) in [4.78, 5) is 0. The summed E-state index contributed by atoms with van der Waals surface area (Å²) in [6.45, 7) is 6.24. The zero-order valence-electron chi connectivity index (χ0n) is 12.7. The second-order valence-electron chi connectivity index (χ2n) is 5.61. The molecule has 0 spiro atoms. The summed E-state index contributed by atoms with van der Waals surface area (Å²) >= 11 is 1.99. The Balaban J connectivity index is 3.17. The molecule has 3 nitrogen and oxygen atoms in total. The van der Waals surface area contributed by atoms with Crippen molar-refractivity contribution in [1.82, 2.24) is 4.72 Å². The van der Waals surface area contributed by atoms with E-state index in [1.54, 1.807) is 18.2 Å². The van der Waals surface area contributed by atoms with Crippen LogP contribution >= 0.6 is 15.9 Å². The molecule has 0 bridgehead atoms. The van der Waals surface area contributed by atoms with E-state index in [9.17, 15) is 13.3 Å². The first kappa shape index (κ1) is 19.4. The lowest BCUT2D eigenvalue weighted by Crippen LogP contribution is -2.41. The number of nitrogens with one attached hydrogen (secondary N) is 1. The first-order chi connectivity index (χ1) is 10.2. The van der Waals surface area contributed by atoms with Crippen molar-refractivity contribution in [2.24, 2.45) is 0 Å². The Bertz CT molecular complexity index is 509. The van der Waals surface area contributed by atoms with Gasteiger partial charge in [0.15, 0.2) is 0 Å². The minimum atomic E-state index is -2.93. The Morgan fingerprint density at radius 1 is 1.45 bits per heavy atom. The van der Waals surface area contributed by atoms with Crippen molar-refractivity contribution in [1.29, 1.82) is 0 Å². The van der Waals surface area contributed by atoms with Gasteiger partial charge in [0.1, 0.15) is 10.5 Å². The number of hydrogen-bond acceptors (Lipinski definition) is 3. The van der Waals surface area contributed by atoms with Crippen molar-refractivity contribution in [2.75, 3.05) is 0 Å². The maximum Gasteiger partial charge on any atom is 0.387 e. The zero-order valence-corrected chi connectivity index (χ0v) is 15.1. The van der Waals surface area contributed by atoms with Gasteiger partial charge in [0.2, 0.25) is 0 Å². The summed E-state index contributed by atoms with van der Waals surface area (Å²) in [6.07, 6.45) is 2.06. The highest BCUT2D eigenvalue weighted by atomic mass is 79.9. The smallest absolute Gasteiger partial charge is 0.387 e. The second-order valence-corrected chi connectivity index (χ2v) is 8.46. The SMILES string of the molecule is C=CC[C@H](N[S+]([O-])C(C)(C)C)c1c(Br)cccc1OC(F)F. The average molecular weight is 396 g/mol. The van der Waals surface area contributed by atoms with Gasteiger partial charge < -0.3 is 9.29 Å². The lowest BCUT2D eigenvalue weighted by atomic mass is 10.0. The lowest BCUT2D eigenvalue weighted by Gasteiger charge is -2.29. The van der Waals surface area contributed by atoms with Crippen molar-refractivity contribution >= 4 is 27.3 Å². The summed E-state index contributed by atoms with van der Waals surface area (Å²) in [5.74, 6) is 0.0506. The highest BCUT2D eigenvalue weighted by Crippen LogP contribution is 2.36.